The predicted molar refractivity (Wildman–Crippen MR) is 144 cm³/mol. The second-order valence-corrected chi connectivity index (χ2v) is 10.9. The molecule has 1 saturated heterocycles. The first kappa shape index (κ1) is 28.5. The number of esters is 4. The summed E-state index contributed by atoms with van der Waals surface area (Å²) in [5, 5.41) is 2.04. The number of hydrogen-bond acceptors (Lipinski definition) is 11. The maximum Gasteiger partial charge on any atom is 0.303 e. The van der Waals surface area contributed by atoms with Crippen LogP contribution in [0.2, 0.25) is 0 Å². The van der Waals surface area contributed by atoms with E-state index >= 15 is 0 Å². The molecule has 0 saturated carbocycles. The second kappa shape index (κ2) is 12.5. The zero-order valence-corrected chi connectivity index (χ0v) is 23.4. The van der Waals surface area contributed by atoms with Gasteiger partial charge in [0.1, 0.15) is 18.8 Å². The molecule has 1 fully saturated rings. The summed E-state index contributed by atoms with van der Waals surface area (Å²) in [5.74, 6) is -2.54. The highest BCUT2D eigenvalue weighted by molar-refractivity contribution is 7.23. The van der Waals surface area contributed by atoms with E-state index in [1.165, 1.54) is 37.4 Å². The maximum atomic E-state index is 12.1. The minimum Gasteiger partial charge on any atom is -0.463 e. The molecule has 0 spiro atoms. The molecule has 2 aromatic heterocycles. The molecule has 5 atom stereocenters. The summed E-state index contributed by atoms with van der Waals surface area (Å²) in [6, 6.07) is 15.8. The lowest BCUT2D eigenvalue weighted by atomic mass is 9.90. The van der Waals surface area contributed by atoms with Gasteiger partial charge in [-0.25, -0.2) is 0 Å². The van der Waals surface area contributed by atoms with Gasteiger partial charge in [-0.1, -0.05) is 30.3 Å². The van der Waals surface area contributed by atoms with Gasteiger partial charge in [0, 0.05) is 42.3 Å². The molecule has 206 valence electrons. The number of carbonyl (C=O) groups excluding carboxylic acids is 4. The molecule has 0 bridgehead atoms. The predicted octanol–water partition coefficient (Wildman–Crippen LogP) is 4.94. The largest absolute Gasteiger partial charge is 0.463 e. The number of benzene rings is 1. The Hall–Kier alpha value is -3.54. The van der Waals surface area contributed by atoms with E-state index in [1.807, 2.05) is 35.7 Å². The second-order valence-electron chi connectivity index (χ2n) is 8.88. The van der Waals surface area contributed by atoms with Crippen LogP contribution in [0.1, 0.15) is 39.4 Å². The van der Waals surface area contributed by atoms with Crippen molar-refractivity contribution in [3.63, 3.8) is 0 Å². The minimum atomic E-state index is -1.21. The van der Waals surface area contributed by atoms with Crippen molar-refractivity contribution < 1.29 is 42.9 Å². The summed E-state index contributed by atoms with van der Waals surface area (Å²) in [5.41, 5.74) is 1.61. The average molecular weight is 573 g/mol. The fourth-order valence-corrected chi connectivity index (χ4v) is 6.22. The van der Waals surface area contributed by atoms with Gasteiger partial charge < -0.3 is 23.7 Å². The van der Waals surface area contributed by atoms with Crippen LogP contribution >= 0.6 is 22.7 Å². The van der Waals surface area contributed by atoms with Crippen LogP contribution in [0.15, 0.2) is 53.9 Å². The van der Waals surface area contributed by atoms with Gasteiger partial charge in [-0.15, -0.1) is 22.7 Å². The van der Waals surface area contributed by atoms with E-state index in [9.17, 15) is 19.2 Å². The van der Waals surface area contributed by atoms with Crippen molar-refractivity contribution in [2.45, 2.75) is 58.2 Å². The molecular formula is C28H28O9S2. The fourth-order valence-electron chi connectivity index (χ4n) is 4.38. The fraction of sp³-hybridized carbons (Fsp3) is 0.357. The summed E-state index contributed by atoms with van der Waals surface area (Å²) in [7, 11) is 0. The van der Waals surface area contributed by atoms with Crippen molar-refractivity contribution in [1.82, 2.24) is 0 Å². The van der Waals surface area contributed by atoms with E-state index in [2.05, 4.69) is 18.2 Å². The highest BCUT2D eigenvalue weighted by atomic mass is 32.1. The molecule has 3 aromatic rings. The monoisotopic (exact) mass is 572 g/mol. The van der Waals surface area contributed by atoms with Crippen LogP contribution in [0.5, 0.6) is 0 Å². The van der Waals surface area contributed by atoms with Gasteiger partial charge in [0.05, 0.1) is 0 Å². The lowest BCUT2D eigenvalue weighted by molar-refractivity contribution is -0.254. The molecule has 0 amide bonds. The van der Waals surface area contributed by atoms with Crippen LogP contribution < -0.4 is 0 Å². The van der Waals surface area contributed by atoms with Crippen LogP contribution in [-0.2, 0) is 42.9 Å². The quantitative estimate of drug-likeness (QED) is 0.273. The van der Waals surface area contributed by atoms with Crippen LogP contribution in [0.3, 0.4) is 0 Å². The van der Waals surface area contributed by atoms with Crippen molar-refractivity contribution in [3.05, 3.63) is 59.5 Å². The van der Waals surface area contributed by atoms with Crippen LogP contribution in [0.25, 0.3) is 20.2 Å². The topological polar surface area (TPSA) is 114 Å². The standard InChI is InChI=1S/C28H28O9S2/c1-15(29)33-14-21-26(34-16(2)30)28(36-18(4)32)27(35-17(3)31)25(37-21)20-9-7-19(8-10-20)22-11-12-24(39-22)23-6-5-13-38-23/h5-13,21,25-28H,14H2,1-4H3/t21-,25+,26-,27+,28+/m1/s1. The molecule has 1 aliphatic rings. The Bertz CT molecular complexity index is 1310. The molecule has 1 aromatic carbocycles. The zero-order chi connectivity index (χ0) is 28.1. The summed E-state index contributed by atoms with van der Waals surface area (Å²) in [6.45, 7) is 4.57. The Labute approximate surface area is 233 Å². The molecule has 11 heteroatoms. The SMILES string of the molecule is CC(=O)OC[C@H]1O[C@@H](c2ccc(-c3ccc(-c4cccs4)s3)cc2)[C@H](OC(C)=O)[C@@H](OC(C)=O)[C@@H]1OC(C)=O. The first-order chi connectivity index (χ1) is 18.6. The Morgan fingerprint density at radius 1 is 0.718 bits per heavy atom. The molecule has 4 rings (SSSR count). The van der Waals surface area contributed by atoms with Crippen molar-refractivity contribution >= 4 is 46.6 Å². The van der Waals surface area contributed by atoms with Crippen molar-refractivity contribution in [1.29, 1.82) is 0 Å². The van der Waals surface area contributed by atoms with Crippen molar-refractivity contribution in [2.75, 3.05) is 6.61 Å². The highest BCUT2D eigenvalue weighted by Gasteiger charge is 2.52. The normalized spacial score (nSPS) is 22.5. The van der Waals surface area contributed by atoms with Crippen LogP contribution in [-0.4, -0.2) is 54.9 Å². The van der Waals surface area contributed by atoms with Crippen LogP contribution in [0.4, 0.5) is 0 Å². The Morgan fingerprint density at radius 3 is 1.92 bits per heavy atom. The van der Waals surface area contributed by atoms with Gasteiger partial charge in [-0.3, -0.25) is 19.2 Å². The zero-order valence-electron chi connectivity index (χ0n) is 21.8. The molecule has 1 aliphatic heterocycles. The highest BCUT2D eigenvalue weighted by Crippen LogP contribution is 2.40. The van der Waals surface area contributed by atoms with E-state index in [-0.39, 0.29) is 6.61 Å². The van der Waals surface area contributed by atoms with Crippen molar-refractivity contribution in [3.8, 4) is 20.2 Å². The average Bonchev–Trinajstić information content (AvgIpc) is 3.57. The van der Waals surface area contributed by atoms with Gasteiger partial charge in [-0.05, 0) is 34.7 Å². The number of thiophene rings is 2. The lowest BCUT2D eigenvalue weighted by Crippen LogP contribution is -2.59. The van der Waals surface area contributed by atoms with Crippen molar-refractivity contribution in [2.24, 2.45) is 0 Å². The van der Waals surface area contributed by atoms with E-state index in [0.29, 0.717) is 5.56 Å². The van der Waals surface area contributed by atoms with E-state index in [0.717, 1.165) is 10.4 Å². The summed E-state index contributed by atoms with van der Waals surface area (Å²) in [6.07, 6.45) is -5.44. The minimum absolute atomic E-state index is 0.271. The van der Waals surface area contributed by atoms with E-state index in [4.69, 9.17) is 23.7 Å². The van der Waals surface area contributed by atoms with Gasteiger partial charge in [0.15, 0.2) is 18.3 Å². The molecule has 0 unspecified atom stereocenters. The Balaban J connectivity index is 1.68. The number of rotatable bonds is 8. The van der Waals surface area contributed by atoms with Gasteiger partial charge >= 0.3 is 23.9 Å². The Morgan fingerprint density at radius 2 is 1.33 bits per heavy atom. The third kappa shape index (κ3) is 7.11. The lowest BCUT2D eigenvalue weighted by Gasteiger charge is -2.44. The smallest absolute Gasteiger partial charge is 0.303 e. The Kier molecular flexibility index (Phi) is 9.16. The first-order valence-corrected chi connectivity index (χ1v) is 13.9. The number of hydrogen-bond donors (Lipinski definition) is 0. The van der Waals surface area contributed by atoms with Gasteiger partial charge in [0.2, 0.25) is 0 Å². The molecule has 0 N–H and O–H groups in total. The molecular weight excluding hydrogens is 544 g/mol. The molecule has 3 heterocycles. The van der Waals surface area contributed by atoms with Gasteiger partial charge in [-0.2, -0.15) is 0 Å². The molecule has 0 aliphatic carbocycles. The summed E-state index contributed by atoms with van der Waals surface area (Å²) in [4.78, 5) is 51.1. The maximum absolute atomic E-state index is 12.1. The third-order valence-electron chi connectivity index (χ3n) is 5.88. The van der Waals surface area contributed by atoms with E-state index < -0.39 is 54.4 Å². The molecule has 9 nitrogen and oxygen atoms in total. The summed E-state index contributed by atoms with van der Waals surface area (Å²) < 4.78 is 27.9. The number of carbonyl (C=O) groups is 4. The summed E-state index contributed by atoms with van der Waals surface area (Å²) >= 11 is 3.35. The van der Waals surface area contributed by atoms with E-state index in [1.54, 1.807) is 22.7 Å². The van der Waals surface area contributed by atoms with Crippen LogP contribution in [0, 0.1) is 0 Å². The number of ether oxygens (including phenoxy) is 5. The molecule has 0 radical (unpaired) electrons. The van der Waals surface area contributed by atoms with Gasteiger partial charge in [0.25, 0.3) is 0 Å². The third-order valence-corrected chi connectivity index (χ3v) is 8.08. The molecule has 39 heavy (non-hydrogen) atoms. The first-order valence-electron chi connectivity index (χ1n) is 12.2.